The fourth-order valence-electron chi connectivity index (χ4n) is 1.54. The normalized spacial score (nSPS) is 21.6. The van der Waals surface area contributed by atoms with E-state index in [4.69, 9.17) is 4.42 Å². The van der Waals surface area contributed by atoms with Crippen LogP contribution < -0.4 is 5.32 Å². The minimum absolute atomic E-state index is 0.637. The molecule has 5 heteroatoms. The third kappa shape index (κ3) is 2.72. The number of aryl methyl sites for hydroxylation is 1. The van der Waals surface area contributed by atoms with Gasteiger partial charge in [0.2, 0.25) is 11.8 Å². The molecular weight excluding hydrogens is 198 g/mol. The van der Waals surface area contributed by atoms with E-state index in [0.717, 1.165) is 12.5 Å². The van der Waals surface area contributed by atoms with Crippen molar-refractivity contribution in [2.24, 2.45) is 5.92 Å². The largest absolute Gasteiger partial charge is 0.424 e. The number of aromatic nitrogens is 2. The van der Waals surface area contributed by atoms with Crippen LogP contribution in [-0.2, 0) is 6.54 Å². The van der Waals surface area contributed by atoms with Gasteiger partial charge in [-0.15, -0.1) is 10.2 Å². The zero-order valence-corrected chi connectivity index (χ0v) is 9.14. The highest BCUT2D eigenvalue weighted by Gasteiger charge is 2.14. The Labute approximate surface area is 87.9 Å². The number of hydrogen-bond acceptors (Lipinski definition) is 5. The number of thioether (sulfide) groups is 1. The molecule has 0 bridgehead atoms. The van der Waals surface area contributed by atoms with Gasteiger partial charge in [0.15, 0.2) is 0 Å². The topological polar surface area (TPSA) is 51.0 Å². The molecule has 1 aliphatic heterocycles. The molecule has 0 aromatic carbocycles. The van der Waals surface area contributed by atoms with Gasteiger partial charge in [-0.2, -0.15) is 11.8 Å². The quantitative estimate of drug-likeness (QED) is 0.815. The Hall–Kier alpha value is -0.550. The van der Waals surface area contributed by atoms with Crippen molar-refractivity contribution in [3.63, 3.8) is 0 Å². The van der Waals surface area contributed by atoms with Crippen LogP contribution in [0.3, 0.4) is 0 Å². The average Bonchev–Trinajstić information content (AvgIpc) is 2.77. The van der Waals surface area contributed by atoms with Gasteiger partial charge in [0.1, 0.15) is 0 Å². The van der Waals surface area contributed by atoms with E-state index in [2.05, 4.69) is 15.5 Å². The lowest BCUT2D eigenvalue weighted by Crippen LogP contribution is -2.22. The molecule has 1 aromatic heterocycles. The molecule has 4 nitrogen and oxygen atoms in total. The van der Waals surface area contributed by atoms with Gasteiger partial charge in [0, 0.05) is 6.92 Å². The smallest absolute Gasteiger partial charge is 0.230 e. The molecule has 0 saturated carbocycles. The van der Waals surface area contributed by atoms with E-state index in [9.17, 15) is 0 Å². The summed E-state index contributed by atoms with van der Waals surface area (Å²) in [5.74, 6) is 4.75. The van der Waals surface area contributed by atoms with E-state index in [1.807, 2.05) is 18.7 Å². The van der Waals surface area contributed by atoms with Crippen molar-refractivity contribution in [3.05, 3.63) is 11.8 Å². The number of nitrogens with one attached hydrogen (secondary N) is 1. The van der Waals surface area contributed by atoms with Crippen molar-refractivity contribution in [1.29, 1.82) is 0 Å². The molecule has 1 atom stereocenters. The SMILES string of the molecule is Cc1nnc(CNCC2CCSC2)o1. The minimum Gasteiger partial charge on any atom is -0.424 e. The standard InChI is InChI=1S/C9H15N3OS/c1-7-11-12-9(13-7)5-10-4-8-2-3-14-6-8/h8,10H,2-6H2,1H3. The van der Waals surface area contributed by atoms with Crippen LogP contribution in [0.5, 0.6) is 0 Å². The molecule has 78 valence electrons. The molecule has 0 radical (unpaired) electrons. The van der Waals surface area contributed by atoms with Crippen LogP contribution in [0.2, 0.25) is 0 Å². The molecule has 2 heterocycles. The van der Waals surface area contributed by atoms with E-state index in [1.54, 1.807) is 0 Å². The highest BCUT2D eigenvalue weighted by atomic mass is 32.2. The summed E-state index contributed by atoms with van der Waals surface area (Å²) in [6.07, 6.45) is 1.33. The first-order chi connectivity index (χ1) is 6.84. The minimum atomic E-state index is 0.637. The Kier molecular flexibility index (Phi) is 3.42. The highest BCUT2D eigenvalue weighted by Crippen LogP contribution is 2.22. The molecule has 1 N–H and O–H groups in total. The molecule has 0 amide bonds. The van der Waals surface area contributed by atoms with Gasteiger partial charge in [-0.05, 0) is 30.4 Å². The zero-order valence-electron chi connectivity index (χ0n) is 8.32. The van der Waals surface area contributed by atoms with Gasteiger partial charge in [-0.1, -0.05) is 0 Å². The summed E-state index contributed by atoms with van der Waals surface area (Å²) < 4.78 is 5.26. The van der Waals surface area contributed by atoms with Gasteiger partial charge in [-0.3, -0.25) is 0 Å². The van der Waals surface area contributed by atoms with Crippen LogP contribution in [0.15, 0.2) is 4.42 Å². The van der Waals surface area contributed by atoms with E-state index in [1.165, 1.54) is 17.9 Å². The summed E-state index contributed by atoms with van der Waals surface area (Å²) in [7, 11) is 0. The molecular formula is C9H15N3OS. The van der Waals surface area contributed by atoms with Crippen molar-refractivity contribution < 1.29 is 4.42 Å². The number of rotatable bonds is 4. The lowest BCUT2D eigenvalue weighted by molar-refractivity contribution is 0.431. The number of nitrogens with zero attached hydrogens (tertiary/aromatic N) is 2. The van der Waals surface area contributed by atoms with Gasteiger partial charge in [-0.25, -0.2) is 0 Å². The molecule has 0 spiro atoms. The van der Waals surface area contributed by atoms with Crippen LogP contribution in [0.1, 0.15) is 18.2 Å². The third-order valence-electron chi connectivity index (χ3n) is 2.30. The van der Waals surface area contributed by atoms with Crippen LogP contribution in [-0.4, -0.2) is 28.2 Å². The maximum atomic E-state index is 5.26. The summed E-state index contributed by atoms with van der Waals surface area (Å²) in [5, 5.41) is 11.0. The van der Waals surface area contributed by atoms with E-state index < -0.39 is 0 Å². The Balaban J connectivity index is 1.67. The summed E-state index contributed by atoms with van der Waals surface area (Å²) >= 11 is 2.04. The lowest BCUT2D eigenvalue weighted by atomic mass is 10.1. The summed E-state index contributed by atoms with van der Waals surface area (Å²) in [5.41, 5.74) is 0. The van der Waals surface area contributed by atoms with Crippen molar-refractivity contribution >= 4 is 11.8 Å². The molecule has 1 aliphatic rings. The molecule has 1 aromatic rings. The zero-order chi connectivity index (χ0) is 9.80. The fourth-order valence-corrected chi connectivity index (χ4v) is 2.82. The van der Waals surface area contributed by atoms with Crippen LogP contribution in [0.25, 0.3) is 0 Å². The van der Waals surface area contributed by atoms with E-state index >= 15 is 0 Å². The van der Waals surface area contributed by atoms with E-state index in [-0.39, 0.29) is 0 Å². The Morgan fingerprint density at radius 1 is 1.57 bits per heavy atom. The fraction of sp³-hybridized carbons (Fsp3) is 0.778. The van der Waals surface area contributed by atoms with Crippen LogP contribution in [0, 0.1) is 12.8 Å². The molecule has 2 rings (SSSR count). The van der Waals surface area contributed by atoms with Crippen LogP contribution >= 0.6 is 11.8 Å². The van der Waals surface area contributed by atoms with Crippen molar-refractivity contribution in [3.8, 4) is 0 Å². The third-order valence-corrected chi connectivity index (χ3v) is 3.53. The Bertz CT molecular complexity index is 283. The first-order valence-corrected chi connectivity index (χ1v) is 6.07. The summed E-state index contributed by atoms with van der Waals surface area (Å²) in [6, 6.07) is 0. The first kappa shape index (κ1) is 9.98. The first-order valence-electron chi connectivity index (χ1n) is 4.92. The van der Waals surface area contributed by atoms with Gasteiger partial charge in [0.25, 0.3) is 0 Å². The second kappa shape index (κ2) is 4.79. The molecule has 14 heavy (non-hydrogen) atoms. The highest BCUT2D eigenvalue weighted by molar-refractivity contribution is 7.99. The molecule has 1 fully saturated rings. The predicted molar refractivity (Wildman–Crippen MR) is 56.2 cm³/mol. The van der Waals surface area contributed by atoms with Crippen LogP contribution in [0.4, 0.5) is 0 Å². The van der Waals surface area contributed by atoms with Gasteiger partial charge in [0.05, 0.1) is 6.54 Å². The van der Waals surface area contributed by atoms with E-state index in [0.29, 0.717) is 18.3 Å². The van der Waals surface area contributed by atoms with Crippen molar-refractivity contribution in [2.75, 3.05) is 18.1 Å². The maximum absolute atomic E-state index is 5.26. The Morgan fingerprint density at radius 3 is 3.14 bits per heavy atom. The monoisotopic (exact) mass is 213 g/mol. The number of hydrogen-bond donors (Lipinski definition) is 1. The lowest BCUT2D eigenvalue weighted by Gasteiger charge is -2.07. The molecule has 0 aliphatic carbocycles. The molecule has 1 unspecified atom stereocenters. The van der Waals surface area contributed by atoms with Crippen molar-refractivity contribution in [1.82, 2.24) is 15.5 Å². The maximum Gasteiger partial charge on any atom is 0.230 e. The van der Waals surface area contributed by atoms with Gasteiger partial charge >= 0.3 is 0 Å². The Morgan fingerprint density at radius 2 is 2.50 bits per heavy atom. The predicted octanol–water partition coefficient (Wildman–Crippen LogP) is 1.22. The second-order valence-corrected chi connectivity index (χ2v) is 4.73. The molecule has 1 saturated heterocycles. The second-order valence-electron chi connectivity index (χ2n) is 3.58. The van der Waals surface area contributed by atoms with Crippen molar-refractivity contribution in [2.45, 2.75) is 19.9 Å². The summed E-state index contributed by atoms with van der Waals surface area (Å²) in [6.45, 7) is 3.57. The average molecular weight is 213 g/mol. The summed E-state index contributed by atoms with van der Waals surface area (Å²) in [4.78, 5) is 0. The van der Waals surface area contributed by atoms with Gasteiger partial charge < -0.3 is 9.73 Å².